The highest BCUT2D eigenvalue weighted by Crippen LogP contribution is 2.39. The Balaban J connectivity index is 1.66. The van der Waals surface area contributed by atoms with Crippen LogP contribution in [0, 0.1) is 0 Å². The number of hydrogen-bond donors (Lipinski definition) is 3. The van der Waals surface area contributed by atoms with E-state index in [1.807, 2.05) is 56.2 Å². The average Bonchev–Trinajstić information content (AvgIpc) is 2.84. The fourth-order valence-electron chi connectivity index (χ4n) is 4.95. The van der Waals surface area contributed by atoms with Gasteiger partial charge in [0.25, 0.3) is 5.91 Å². The summed E-state index contributed by atoms with van der Waals surface area (Å²) in [4.78, 5) is 37.9. The van der Waals surface area contributed by atoms with Gasteiger partial charge in [-0.15, -0.1) is 0 Å². The zero-order valence-electron chi connectivity index (χ0n) is 21.6. The smallest absolute Gasteiger partial charge is 0.251 e. The minimum atomic E-state index is -2.43. The van der Waals surface area contributed by atoms with E-state index in [2.05, 4.69) is 41.0 Å². The maximum atomic E-state index is 13.2. The number of carbonyl (C=O) groups excluding carboxylic acids is 2. The molecule has 3 N–H and O–H groups in total. The predicted octanol–water partition coefficient (Wildman–Crippen LogP) is 4.09. The molecule has 1 heterocycles. The Bertz CT molecular complexity index is 1250. The van der Waals surface area contributed by atoms with Gasteiger partial charge in [0.05, 0.1) is 6.04 Å². The van der Waals surface area contributed by atoms with Crippen LogP contribution in [0.2, 0.25) is 13.1 Å². The van der Waals surface area contributed by atoms with E-state index in [4.69, 9.17) is 0 Å². The summed E-state index contributed by atoms with van der Waals surface area (Å²) in [6.45, 7) is 8.12. The molecule has 0 aromatic heterocycles. The summed E-state index contributed by atoms with van der Waals surface area (Å²) in [6.07, 6.45) is 0.623. The zero-order chi connectivity index (χ0) is 26.0. The molecule has 2 atom stereocenters. The fraction of sp³-hybridized carbons (Fsp3) is 0.310. The molecule has 0 bridgehead atoms. The normalized spacial score (nSPS) is 17.4. The van der Waals surface area contributed by atoms with Crippen LogP contribution in [-0.2, 0) is 11.3 Å². The lowest BCUT2D eigenvalue weighted by Crippen LogP contribution is -2.45. The molecule has 3 aromatic carbocycles. The van der Waals surface area contributed by atoms with Gasteiger partial charge >= 0.3 is 0 Å². The number of benzene rings is 3. The molecule has 0 spiro atoms. The molecule has 0 fully saturated rings. The maximum Gasteiger partial charge on any atom is 0.251 e. The molecule has 7 heteroatoms. The third-order valence-electron chi connectivity index (χ3n) is 6.85. The minimum Gasteiger partial charge on any atom is -0.428 e. The number of fused-ring (bicyclic) bond motifs is 1. The van der Waals surface area contributed by atoms with Crippen LogP contribution in [0.25, 0.3) is 11.1 Å². The summed E-state index contributed by atoms with van der Waals surface area (Å²) >= 11 is 0. The number of rotatable bonds is 6. The number of anilines is 1. The zero-order valence-corrected chi connectivity index (χ0v) is 22.6. The van der Waals surface area contributed by atoms with Crippen molar-refractivity contribution in [2.24, 2.45) is 0 Å². The second-order valence-corrected chi connectivity index (χ2v) is 13.8. The topological polar surface area (TPSA) is 81.7 Å². The van der Waals surface area contributed by atoms with Crippen molar-refractivity contribution < 1.29 is 14.4 Å². The van der Waals surface area contributed by atoms with E-state index >= 15 is 0 Å². The van der Waals surface area contributed by atoms with Crippen LogP contribution < -0.4 is 20.7 Å². The van der Waals surface area contributed by atoms with E-state index in [1.54, 1.807) is 19.1 Å². The van der Waals surface area contributed by atoms with E-state index in [0.717, 1.165) is 34.1 Å². The average molecular weight is 502 g/mol. The van der Waals surface area contributed by atoms with E-state index in [0.29, 0.717) is 12.0 Å². The Morgan fingerprint density at radius 2 is 1.64 bits per heavy atom. The number of amides is 2. The Hall–Kier alpha value is -3.26. The van der Waals surface area contributed by atoms with E-state index in [-0.39, 0.29) is 23.9 Å². The van der Waals surface area contributed by atoms with Gasteiger partial charge < -0.3 is 20.3 Å². The second kappa shape index (κ2) is 10.4. The van der Waals surface area contributed by atoms with Gasteiger partial charge in [0, 0.05) is 30.8 Å². The largest absolute Gasteiger partial charge is 0.428 e. The van der Waals surface area contributed by atoms with Gasteiger partial charge in [0.2, 0.25) is 14.2 Å². The van der Waals surface area contributed by atoms with Crippen molar-refractivity contribution in [3.05, 3.63) is 83.4 Å². The molecule has 0 saturated carbocycles. The van der Waals surface area contributed by atoms with Crippen molar-refractivity contribution in [3.63, 3.8) is 0 Å². The van der Waals surface area contributed by atoms with Crippen LogP contribution in [0.1, 0.15) is 47.8 Å². The Morgan fingerprint density at radius 3 is 2.22 bits per heavy atom. The molecule has 1 aliphatic heterocycles. The molecule has 0 saturated heterocycles. The standard InChI is InChI=1S/C29H35N3O3Si/c1-19-16-27(31-29(34)23-10-13-25(14-11-23)36(4,5)35)26-17-24(12-15-28(26)32(19)20(2)33)22-8-6-21(7-9-22)18-30-3/h6-15,17,19,27,30,35H,16,18H2,1-5H3,(H,31,34)/t19-,27+/m0/s1. The molecule has 4 rings (SSSR count). The molecule has 6 nitrogen and oxygen atoms in total. The van der Waals surface area contributed by atoms with E-state index < -0.39 is 8.32 Å². The minimum absolute atomic E-state index is 0.0101. The van der Waals surface area contributed by atoms with Crippen LogP contribution in [0.5, 0.6) is 0 Å². The van der Waals surface area contributed by atoms with E-state index in [9.17, 15) is 14.4 Å². The van der Waals surface area contributed by atoms with Crippen molar-refractivity contribution in [2.75, 3.05) is 11.9 Å². The SMILES string of the molecule is CNCc1ccc(-c2ccc3c(c2)[C@H](NC(=O)c2ccc([Si](C)(C)O)cc2)C[C@H](C)N3C(C)=O)cc1. The lowest BCUT2D eigenvalue weighted by Gasteiger charge is -2.39. The molecule has 36 heavy (non-hydrogen) atoms. The number of hydrogen-bond acceptors (Lipinski definition) is 4. The molecule has 2 amide bonds. The molecule has 1 aliphatic rings. The lowest BCUT2D eigenvalue weighted by atomic mass is 9.88. The second-order valence-electron chi connectivity index (χ2n) is 10.1. The first-order valence-electron chi connectivity index (χ1n) is 12.4. The van der Waals surface area contributed by atoms with Crippen LogP contribution in [0.3, 0.4) is 0 Å². The Morgan fingerprint density at radius 1 is 1.00 bits per heavy atom. The first-order chi connectivity index (χ1) is 17.1. The van der Waals surface area contributed by atoms with Gasteiger partial charge in [0.15, 0.2) is 0 Å². The molecule has 188 valence electrons. The first kappa shape index (κ1) is 25.8. The molecular weight excluding hydrogens is 466 g/mol. The van der Waals surface area contributed by atoms with E-state index in [1.165, 1.54) is 5.56 Å². The summed E-state index contributed by atoms with van der Waals surface area (Å²) in [5, 5.41) is 7.26. The van der Waals surface area contributed by atoms with Crippen LogP contribution in [0.4, 0.5) is 5.69 Å². The van der Waals surface area contributed by atoms with Gasteiger partial charge in [-0.3, -0.25) is 9.59 Å². The van der Waals surface area contributed by atoms with Crippen LogP contribution in [0.15, 0.2) is 66.7 Å². The molecule has 0 aliphatic carbocycles. The van der Waals surface area contributed by atoms with Crippen molar-refractivity contribution in [1.82, 2.24) is 10.6 Å². The fourth-order valence-corrected chi connectivity index (χ4v) is 5.93. The summed E-state index contributed by atoms with van der Waals surface area (Å²) in [7, 11) is -0.500. The summed E-state index contributed by atoms with van der Waals surface area (Å²) in [6, 6.07) is 21.5. The Labute approximate surface area is 214 Å². The maximum absolute atomic E-state index is 13.2. The molecule has 0 unspecified atom stereocenters. The van der Waals surface area contributed by atoms with Gasteiger partial charge in [-0.25, -0.2) is 0 Å². The van der Waals surface area contributed by atoms with Crippen molar-refractivity contribution in [2.45, 2.75) is 52.0 Å². The van der Waals surface area contributed by atoms with Crippen molar-refractivity contribution in [1.29, 1.82) is 0 Å². The number of carbonyl (C=O) groups is 2. The summed E-state index contributed by atoms with van der Waals surface area (Å²) in [5.41, 5.74) is 5.67. The predicted molar refractivity (Wildman–Crippen MR) is 148 cm³/mol. The third kappa shape index (κ3) is 5.43. The van der Waals surface area contributed by atoms with Gasteiger partial charge in [-0.2, -0.15) is 0 Å². The van der Waals surface area contributed by atoms with Crippen LogP contribution in [-0.4, -0.2) is 38.0 Å². The van der Waals surface area contributed by atoms with Gasteiger partial charge in [-0.05, 0) is 85.2 Å². The first-order valence-corrected chi connectivity index (χ1v) is 15.3. The highest BCUT2D eigenvalue weighted by molar-refractivity contribution is 6.83. The molecule has 0 radical (unpaired) electrons. The summed E-state index contributed by atoms with van der Waals surface area (Å²) in [5.74, 6) is -0.177. The summed E-state index contributed by atoms with van der Waals surface area (Å²) < 4.78 is 0. The number of nitrogens with one attached hydrogen (secondary N) is 2. The van der Waals surface area contributed by atoms with Crippen molar-refractivity contribution in [3.8, 4) is 11.1 Å². The quantitative estimate of drug-likeness (QED) is 0.445. The third-order valence-corrected chi connectivity index (χ3v) is 8.59. The van der Waals surface area contributed by atoms with Gasteiger partial charge in [0.1, 0.15) is 0 Å². The lowest BCUT2D eigenvalue weighted by molar-refractivity contribution is -0.117. The van der Waals surface area contributed by atoms with Crippen molar-refractivity contribution >= 4 is 31.0 Å². The van der Waals surface area contributed by atoms with Gasteiger partial charge in [-0.1, -0.05) is 42.5 Å². The highest BCUT2D eigenvalue weighted by atomic mass is 28.4. The monoisotopic (exact) mass is 501 g/mol. The van der Waals surface area contributed by atoms with Crippen LogP contribution >= 0.6 is 0 Å². The number of nitrogens with zero attached hydrogens (tertiary/aromatic N) is 1. The Kier molecular flexibility index (Phi) is 7.45. The molecular formula is C29H35N3O3Si. The molecule has 3 aromatic rings. The highest BCUT2D eigenvalue weighted by Gasteiger charge is 2.33.